The standard InChI is InChI=1S/C18H21NOS/c1-13-5-6-16(14(2)12-13)18(20)19-9-7-15(8-10-19)17-4-3-11-21-17/h3-6,11-12,15H,7-10H2,1-2H3. The van der Waals surface area contributed by atoms with Crippen LogP contribution in [0.2, 0.25) is 0 Å². The summed E-state index contributed by atoms with van der Waals surface area (Å²) in [4.78, 5) is 16.1. The van der Waals surface area contributed by atoms with Gasteiger partial charge in [-0.15, -0.1) is 11.3 Å². The number of amides is 1. The highest BCUT2D eigenvalue weighted by Crippen LogP contribution is 2.31. The molecule has 3 rings (SSSR count). The van der Waals surface area contributed by atoms with Crippen molar-refractivity contribution in [1.29, 1.82) is 0 Å². The predicted octanol–water partition coefficient (Wildman–Crippen LogP) is 4.38. The van der Waals surface area contributed by atoms with Crippen LogP contribution in [0.15, 0.2) is 35.7 Å². The molecule has 1 aromatic heterocycles. The molecule has 1 aromatic carbocycles. The van der Waals surface area contributed by atoms with Crippen LogP contribution in [0.5, 0.6) is 0 Å². The van der Waals surface area contributed by atoms with Crippen LogP contribution in [-0.4, -0.2) is 23.9 Å². The maximum atomic E-state index is 12.7. The molecule has 0 radical (unpaired) electrons. The van der Waals surface area contributed by atoms with Crippen LogP contribution < -0.4 is 0 Å². The number of benzene rings is 1. The van der Waals surface area contributed by atoms with Crippen molar-refractivity contribution in [2.45, 2.75) is 32.6 Å². The number of aryl methyl sites for hydroxylation is 2. The normalized spacial score (nSPS) is 16.2. The molecular formula is C18H21NOS. The van der Waals surface area contributed by atoms with Gasteiger partial charge in [0.15, 0.2) is 0 Å². The third-order valence-electron chi connectivity index (χ3n) is 4.34. The number of nitrogens with zero attached hydrogens (tertiary/aromatic N) is 1. The summed E-state index contributed by atoms with van der Waals surface area (Å²) < 4.78 is 0. The van der Waals surface area contributed by atoms with Crippen LogP contribution in [0.3, 0.4) is 0 Å². The topological polar surface area (TPSA) is 20.3 Å². The van der Waals surface area contributed by atoms with E-state index in [1.54, 1.807) is 0 Å². The molecule has 0 saturated carbocycles. The molecule has 0 aliphatic carbocycles. The minimum Gasteiger partial charge on any atom is -0.339 e. The Bertz CT molecular complexity index is 625. The summed E-state index contributed by atoms with van der Waals surface area (Å²) in [5.74, 6) is 0.824. The third kappa shape index (κ3) is 3.03. The molecule has 2 nitrogen and oxygen atoms in total. The number of likely N-dealkylation sites (tertiary alicyclic amines) is 1. The molecule has 0 N–H and O–H groups in total. The molecule has 1 amide bonds. The summed E-state index contributed by atoms with van der Waals surface area (Å²) in [6.45, 7) is 5.83. The fraction of sp³-hybridized carbons (Fsp3) is 0.389. The highest BCUT2D eigenvalue weighted by atomic mass is 32.1. The van der Waals surface area contributed by atoms with Gasteiger partial charge in [-0.05, 0) is 55.7 Å². The molecule has 0 bridgehead atoms. The van der Waals surface area contributed by atoms with E-state index in [1.165, 1.54) is 10.4 Å². The van der Waals surface area contributed by atoms with Crippen LogP contribution in [0.25, 0.3) is 0 Å². The number of hydrogen-bond acceptors (Lipinski definition) is 2. The number of rotatable bonds is 2. The Hall–Kier alpha value is -1.61. The number of carbonyl (C=O) groups excluding carboxylic acids is 1. The average Bonchev–Trinajstić information content (AvgIpc) is 3.01. The Labute approximate surface area is 130 Å². The third-order valence-corrected chi connectivity index (χ3v) is 5.37. The van der Waals surface area contributed by atoms with Crippen LogP contribution in [-0.2, 0) is 0 Å². The van der Waals surface area contributed by atoms with Gasteiger partial charge in [0.2, 0.25) is 0 Å². The van der Waals surface area contributed by atoms with Gasteiger partial charge in [0.25, 0.3) is 5.91 Å². The molecular weight excluding hydrogens is 278 g/mol. The maximum Gasteiger partial charge on any atom is 0.254 e. The zero-order valence-electron chi connectivity index (χ0n) is 12.6. The van der Waals surface area contributed by atoms with Gasteiger partial charge in [0.05, 0.1) is 0 Å². The van der Waals surface area contributed by atoms with E-state index < -0.39 is 0 Å². The highest BCUT2D eigenvalue weighted by molar-refractivity contribution is 7.10. The minimum absolute atomic E-state index is 0.192. The first-order valence-electron chi connectivity index (χ1n) is 7.55. The number of hydrogen-bond donors (Lipinski definition) is 0. The molecule has 1 fully saturated rings. The number of thiophene rings is 1. The second kappa shape index (κ2) is 6.02. The van der Waals surface area contributed by atoms with E-state index in [4.69, 9.17) is 0 Å². The van der Waals surface area contributed by atoms with Crippen molar-refractivity contribution in [3.8, 4) is 0 Å². The van der Waals surface area contributed by atoms with Gasteiger partial charge in [-0.1, -0.05) is 23.8 Å². The van der Waals surface area contributed by atoms with E-state index in [0.29, 0.717) is 5.92 Å². The van der Waals surface area contributed by atoms with E-state index in [2.05, 4.69) is 30.5 Å². The van der Waals surface area contributed by atoms with Crippen molar-refractivity contribution >= 4 is 17.2 Å². The lowest BCUT2D eigenvalue weighted by Gasteiger charge is -2.32. The number of carbonyl (C=O) groups is 1. The molecule has 2 aromatic rings. The second-order valence-corrected chi connectivity index (χ2v) is 6.88. The van der Waals surface area contributed by atoms with Gasteiger partial charge < -0.3 is 4.90 Å². The molecule has 0 spiro atoms. The van der Waals surface area contributed by atoms with E-state index in [-0.39, 0.29) is 5.91 Å². The van der Waals surface area contributed by atoms with Gasteiger partial charge in [0, 0.05) is 23.5 Å². The van der Waals surface area contributed by atoms with E-state index in [0.717, 1.165) is 37.1 Å². The Balaban J connectivity index is 1.67. The molecule has 0 unspecified atom stereocenters. The van der Waals surface area contributed by atoms with Crippen LogP contribution in [0.1, 0.15) is 45.1 Å². The minimum atomic E-state index is 0.192. The molecule has 1 saturated heterocycles. The zero-order valence-corrected chi connectivity index (χ0v) is 13.5. The van der Waals surface area contributed by atoms with Gasteiger partial charge in [-0.2, -0.15) is 0 Å². The Morgan fingerprint density at radius 3 is 2.57 bits per heavy atom. The maximum absolute atomic E-state index is 12.7. The van der Waals surface area contributed by atoms with Gasteiger partial charge >= 0.3 is 0 Å². The van der Waals surface area contributed by atoms with Gasteiger partial charge in [-0.3, -0.25) is 4.79 Å². The first-order chi connectivity index (χ1) is 10.1. The molecule has 21 heavy (non-hydrogen) atoms. The van der Waals surface area contributed by atoms with Crippen LogP contribution in [0, 0.1) is 13.8 Å². The van der Waals surface area contributed by atoms with E-state index in [1.807, 2.05) is 35.3 Å². The van der Waals surface area contributed by atoms with Crippen molar-refractivity contribution in [1.82, 2.24) is 4.90 Å². The fourth-order valence-corrected chi connectivity index (χ4v) is 4.01. The van der Waals surface area contributed by atoms with Crippen LogP contribution >= 0.6 is 11.3 Å². The first kappa shape index (κ1) is 14.3. The van der Waals surface area contributed by atoms with Crippen molar-refractivity contribution in [2.75, 3.05) is 13.1 Å². The Morgan fingerprint density at radius 2 is 1.95 bits per heavy atom. The average molecular weight is 299 g/mol. The highest BCUT2D eigenvalue weighted by Gasteiger charge is 2.25. The molecule has 110 valence electrons. The predicted molar refractivity (Wildman–Crippen MR) is 88.1 cm³/mol. The first-order valence-corrected chi connectivity index (χ1v) is 8.43. The lowest BCUT2D eigenvalue weighted by atomic mass is 9.94. The van der Waals surface area contributed by atoms with Crippen molar-refractivity contribution in [3.05, 3.63) is 57.3 Å². The van der Waals surface area contributed by atoms with Gasteiger partial charge in [-0.25, -0.2) is 0 Å². The quantitative estimate of drug-likeness (QED) is 0.805. The van der Waals surface area contributed by atoms with Gasteiger partial charge in [0.1, 0.15) is 0 Å². The molecule has 2 heterocycles. The van der Waals surface area contributed by atoms with Crippen molar-refractivity contribution in [2.24, 2.45) is 0 Å². The summed E-state index contributed by atoms with van der Waals surface area (Å²) in [6.07, 6.45) is 2.16. The summed E-state index contributed by atoms with van der Waals surface area (Å²) in [5.41, 5.74) is 3.15. The SMILES string of the molecule is Cc1ccc(C(=O)N2CCC(c3cccs3)CC2)c(C)c1. The zero-order chi connectivity index (χ0) is 14.8. The molecule has 1 aliphatic rings. The van der Waals surface area contributed by atoms with E-state index in [9.17, 15) is 4.79 Å². The summed E-state index contributed by atoms with van der Waals surface area (Å²) in [5, 5.41) is 2.14. The number of piperidine rings is 1. The Morgan fingerprint density at radius 1 is 1.19 bits per heavy atom. The molecule has 1 aliphatic heterocycles. The fourth-order valence-electron chi connectivity index (χ4n) is 3.11. The summed E-state index contributed by atoms with van der Waals surface area (Å²) in [6, 6.07) is 10.4. The van der Waals surface area contributed by atoms with Crippen LogP contribution in [0.4, 0.5) is 0 Å². The summed E-state index contributed by atoms with van der Waals surface area (Å²) in [7, 11) is 0. The lowest BCUT2D eigenvalue weighted by molar-refractivity contribution is 0.0713. The summed E-state index contributed by atoms with van der Waals surface area (Å²) >= 11 is 1.84. The molecule has 3 heteroatoms. The second-order valence-electron chi connectivity index (χ2n) is 5.90. The lowest BCUT2D eigenvalue weighted by Crippen LogP contribution is -2.38. The smallest absolute Gasteiger partial charge is 0.254 e. The monoisotopic (exact) mass is 299 g/mol. The molecule has 0 atom stereocenters. The van der Waals surface area contributed by atoms with Crippen molar-refractivity contribution in [3.63, 3.8) is 0 Å². The Kier molecular flexibility index (Phi) is 4.11. The largest absolute Gasteiger partial charge is 0.339 e. The van der Waals surface area contributed by atoms with Crippen molar-refractivity contribution < 1.29 is 4.79 Å². The van der Waals surface area contributed by atoms with E-state index >= 15 is 0 Å².